The Morgan fingerprint density at radius 3 is 2.31 bits per heavy atom. The molecule has 3 rings (SSSR count). The number of rotatable bonds is 12. The second kappa shape index (κ2) is 13.1. The Balaban J connectivity index is 1.83. The molecule has 1 saturated carbocycles. The fraction of sp³-hybridized carbons (Fsp3) is 0.586. The number of hydrogen-bond acceptors (Lipinski definition) is 4. The molecule has 2 aromatic rings. The van der Waals surface area contributed by atoms with Gasteiger partial charge in [0.2, 0.25) is 0 Å². The number of carboxylic acids is 1. The van der Waals surface area contributed by atoms with Gasteiger partial charge in [0.1, 0.15) is 11.9 Å². The number of carbonyl (C=O) groups is 2. The van der Waals surface area contributed by atoms with Gasteiger partial charge in [0.15, 0.2) is 0 Å². The molecule has 1 aromatic carbocycles. The van der Waals surface area contributed by atoms with E-state index in [4.69, 9.17) is 9.84 Å². The van der Waals surface area contributed by atoms with Gasteiger partial charge in [-0.25, -0.2) is 0 Å². The summed E-state index contributed by atoms with van der Waals surface area (Å²) in [4.78, 5) is 27.9. The van der Waals surface area contributed by atoms with E-state index in [0.29, 0.717) is 17.4 Å². The van der Waals surface area contributed by atoms with Crippen molar-refractivity contribution in [3.63, 3.8) is 0 Å². The summed E-state index contributed by atoms with van der Waals surface area (Å²) >= 11 is 1.96. The van der Waals surface area contributed by atoms with Crippen molar-refractivity contribution in [2.24, 2.45) is 5.92 Å². The molecule has 192 valence electrons. The van der Waals surface area contributed by atoms with Crippen LogP contribution in [0.4, 0.5) is 0 Å². The number of aliphatic carboxylic acids is 1. The molecule has 1 amide bonds. The van der Waals surface area contributed by atoms with Gasteiger partial charge in [-0.3, -0.25) is 9.59 Å². The van der Waals surface area contributed by atoms with Gasteiger partial charge in [-0.1, -0.05) is 40.0 Å². The minimum Gasteiger partial charge on any atom is -0.485 e. The molecule has 1 heterocycles. The van der Waals surface area contributed by atoms with E-state index >= 15 is 0 Å². The fourth-order valence-corrected chi connectivity index (χ4v) is 6.54. The maximum absolute atomic E-state index is 12.7. The van der Waals surface area contributed by atoms with Gasteiger partial charge in [0, 0.05) is 40.4 Å². The van der Waals surface area contributed by atoms with E-state index in [0.717, 1.165) is 25.0 Å². The lowest BCUT2D eigenvalue weighted by atomic mass is 9.82. The summed E-state index contributed by atoms with van der Waals surface area (Å²) in [5, 5.41) is 8.88. The Hall–Kier alpha value is -2.34. The van der Waals surface area contributed by atoms with Crippen molar-refractivity contribution < 1.29 is 19.4 Å². The number of benzene rings is 1. The van der Waals surface area contributed by atoms with Crippen molar-refractivity contribution in [3.8, 4) is 5.75 Å². The Labute approximate surface area is 214 Å². The van der Waals surface area contributed by atoms with E-state index in [1.54, 1.807) is 19.2 Å². The number of hydrogen-bond donors (Lipinski definition) is 1. The van der Waals surface area contributed by atoms with Crippen molar-refractivity contribution in [2.45, 2.75) is 90.6 Å². The first kappa shape index (κ1) is 27.3. The number of aryl methyl sites for hydroxylation is 1. The van der Waals surface area contributed by atoms with Crippen LogP contribution in [-0.2, 0) is 11.2 Å². The lowest BCUT2D eigenvalue weighted by Gasteiger charge is -2.31. The third kappa shape index (κ3) is 7.09. The van der Waals surface area contributed by atoms with Gasteiger partial charge >= 0.3 is 5.97 Å². The van der Waals surface area contributed by atoms with Gasteiger partial charge in [-0.2, -0.15) is 0 Å². The molecule has 1 aliphatic carbocycles. The summed E-state index contributed by atoms with van der Waals surface area (Å²) in [7, 11) is 1.63. The normalized spacial score (nSPS) is 15.2. The third-order valence-corrected chi connectivity index (χ3v) is 8.78. The molecular weight excluding hydrogens is 458 g/mol. The molecule has 1 aromatic heterocycles. The predicted molar refractivity (Wildman–Crippen MR) is 143 cm³/mol. The van der Waals surface area contributed by atoms with Crippen LogP contribution < -0.4 is 4.74 Å². The molecule has 0 aliphatic heterocycles. The first-order valence-corrected chi connectivity index (χ1v) is 14.1. The van der Waals surface area contributed by atoms with Crippen LogP contribution in [0, 0.1) is 5.92 Å². The molecule has 0 saturated heterocycles. The van der Waals surface area contributed by atoms with Crippen LogP contribution in [-0.4, -0.2) is 35.5 Å². The maximum atomic E-state index is 12.7. The van der Waals surface area contributed by atoms with E-state index in [2.05, 4.69) is 26.8 Å². The van der Waals surface area contributed by atoms with E-state index in [1.165, 1.54) is 52.3 Å². The topological polar surface area (TPSA) is 66.8 Å². The number of ether oxygens (including phenoxy) is 1. The Morgan fingerprint density at radius 1 is 1.09 bits per heavy atom. The average Bonchev–Trinajstić information content (AvgIpc) is 3.30. The van der Waals surface area contributed by atoms with Crippen LogP contribution in [0.15, 0.2) is 30.3 Å². The molecule has 1 fully saturated rings. The smallest absolute Gasteiger partial charge is 0.305 e. The number of amides is 1. The molecule has 5 nitrogen and oxygen atoms in total. The minimum absolute atomic E-state index is 0.0319. The van der Waals surface area contributed by atoms with Gasteiger partial charge in [0.25, 0.3) is 5.91 Å². The van der Waals surface area contributed by atoms with Crippen LogP contribution in [0.2, 0.25) is 0 Å². The largest absolute Gasteiger partial charge is 0.485 e. The zero-order chi connectivity index (χ0) is 25.4. The van der Waals surface area contributed by atoms with Crippen molar-refractivity contribution >= 4 is 23.2 Å². The molecule has 0 bridgehead atoms. The second-order valence-corrected chi connectivity index (χ2v) is 10.9. The quantitative estimate of drug-likeness (QED) is 0.329. The molecule has 1 aliphatic rings. The monoisotopic (exact) mass is 499 g/mol. The molecule has 1 N–H and O–H groups in total. The second-order valence-electron chi connectivity index (χ2n) is 9.73. The SMILES string of the molecule is CCc1sc(C(CC)CC)cc1C(Oc1ccc(C(=O)N(C)CCC(=O)O)cc1)C1CCCCC1. The average molecular weight is 500 g/mol. The van der Waals surface area contributed by atoms with Gasteiger partial charge < -0.3 is 14.7 Å². The molecule has 0 spiro atoms. The highest BCUT2D eigenvalue weighted by molar-refractivity contribution is 7.12. The Kier molecular flexibility index (Phi) is 10.2. The number of thiophene rings is 1. The van der Waals surface area contributed by atoms with Crippen molar-refractivity contribution in [1.29, 1.82) is 0 Å². The zero-order valence-electron chi connectivity index (χ0n) is 21.7. The fourth-order valence-electron chi connectivity index (χ4n) is 5.13. The van der Waals surface area contributed by atoms with E-state index in [-0.39, 0.29) is 25.0 Å². The minimum atomic E-state index is -0.908. The lowest BCUT2D eigenvalue weighted by Crippen LogP contribution is -2.29. The predicted octanol–water partition coefficient (Wildman–Crippen LogP) is 7.46. The van der Waals surface area contributed by atoms with Crippen molar-refractivity contribution in [2.75, 3.05) is 13.6 Å². The lowest BCUT2D eigenvalue weighted by molar-refractivity contribution is -0.137. The summed E-state index contributed by atoms with van der Waals surface area (Å²) in [6.07, 6.45) is 9.49. The first-order chi connectivity index (χ1) is 16.9. The van der Waals surface area contributed by atoms with Crippen LogP contribution in [0.3, 0.4) is 0 Å². The number of carbonyl (C=O) groups excluding carboxylic acids is 1. The molecule has 0 radical (unpaired) electrons. The van der Waals surface area contributed by atoms with Gasteiger partial charge in [-0.05, 0) is 68.4 Å². The Morgan fingerprint density at radius 2 is 1.74 bits per heavy atom. The number of carboxylic acid groups (broad SMARTS) is 1. The standard InChI is InChI=1S/C29H41NO4S/c1-5-20(6-2)26-19-24(25(7-3)35-26)28(21-11-9-8-10-12-21)34-23-15-13-22(14-16-23)29(33)30(4)18-17-27(31)32/h13-16,19-21,28H,5-12,17-18H2,1-4H3,(H,31,32). The van der Waals surface area contributed by atoms with E-state index < -0.39 is 5.97 Å². The summed E-state index contributed by atoms with van der Waals surface area (Å²) < 4.78 is 6.72. The molecule has 35 heavy (non-hydrogen) atoms. The highest BCUT2D eigenvalue weighted by atomic mass is 32.1. The van der Waals surface area contributed by atoms with E-state index in [9.17, 15) is 9.59 Å². The highest BCUT2D eigenvalue weighted by Crippen LogP contribution is 2.43. The molecule has 1 atom stereocenters. The van der Waals surface area contributed by atoms with Gasteiger partial charge in [0.05, 0.1) is 6.42 Å². The number of nitrogens with zero attached hydrogens (tertiary/aromatic N) is 1. The zero-order valence-corrected chi connectivity index (χ0v) is 22.5. The third-order valence-electron chi connectivity index (χ3n) is 7.33. The summed E-state index contributed by atoms with van der Waals surface area (Å²) in [5.74, 6) is 0.802. The molecule has 1 unspecified atom stereocenters. The summed E-state index contributed by atoms with van der Waals surface area (Å²) in [6.45, 7) is 6.98. The maximum Gasteiger partial charge on any atom is 0.305 e. The summed E-state index contributed by atoms with van der Waals surface area (Å²) in [6, 6.07) is 9.77. The molecular formula is C29H41NO4S. The van der Waals surface area contributed by atoms with Gasteiger partial charge in [-0.15, -0.1) is 11.3 Å². The highest BCUT2D eigenvalue weighted by Gasteiger charge is 2.30. The van der Waals surface area contributed by atoms with E-state index in [1.807, 2.05) is 23.5 Å². The summed E-state index contributed by atoms with van der Waals surface area (Å²) in [5.41, 5.74) is 1.90. The van der Waals surface area contributed by atoms with Crippen molar-refractivity contribution in [3.05, 3.63) is 51.2 Å². The van der Waals surface area contributed by atoms with Crippen LogP contribution in [0.25, 0.3) is 0 Å². The van der Waals surface area contributed by atoms with Crippen molar-refractivity contribution in [1.82, 2.24) is 4.90 Å². The van der Waals surface area contributed by atoms with Crippen LogP contribution in [0.5, 0.6) is 5.75 Å². The Bertz CT molecular complexity index is 958. The first-order valence-electron chi connectivity index (χ1n) is 13.2. The molecule has 6 heteroatoms. The van der Waals surface area contributed by atoms with Crippen LogP contribution >= 0.6 is 11.3 Å². The van der Waals surface area contributed by atoms with Crippen LogP contribution in [0.1, 0.15) is 110 Å².